The number of carbonyl (C=O) groups excluding carboxylic acids is 1. The van der Waals surface area contributed by atoms with Gasteiger partial charge in [-0.2, -0.15) is 5.10 Å². The largest absolute Gasteiger partial charge is 0.452 e. The highest BCUT2D eigenvalue weighted by Crippen LogP contribution is 2.36. The molecule has 3 aromatic heterocycles. The lowest BCUT2D eigenvalue weighted by atomic mass is 10.0. The number of furan rings is 1. The zero-order valence-corrected chi connectivity index (χ0v) is 16.1. The van der Waals surface area contributed by atoms with E-state index in [0.717, 1.165) is 53.8 Å². The molecular formula is C22H21N5O2. The van der Waals surface area contributed by atoms with Crippen LogP contribution in [0, 0.1) is 0 Å². The summed E-state index contributed by atoms with van der Waals surface area (Å²) in [4.78, 5) is 17.8. The summed E-state index contributed by atoms with van der Waals surface area (Å²) in [7, 11) is 0. The fourth-order valence-corrected chi connectivity index (χ4v) is 4.01. The molecule has 0 unspecified atom stereocenters. The van der Waals surface area contributed by atoms with Crippen molar-refractivity contribution < 1.29 is 9.21 Å². The lowest BCUT2D eigenvalue weighted by Gasteiger charge is -2.31. The Morgan fingerprint density at radius 2 is 2.14 bits per heavy atom. The monoisotopic (exact) mass is 387 g/mol. The first-order valence-electron chi connectivity index (χ1n) is 9.72. The second-order valence-corrected chi connectivity index (χ2v) is 7.44. The number of nitrogens with two attached hydrogens (primary N) is 1. The van der Waals surface area contributed by atoms with Gasteiger partial charge in [-0.1, -0.05) is 6.08 Å². The van der Waals surface area contributed by atoms with Gasteiger partial charge in [-0.15, -0.1) is 5.73 Å². The average Bonchev–Trinajstić information content (AvgIpc) is 3.48. The summed E-state index contributed by atoms with van der Waals surface area (Å²) in [6.07, 6.45) is 13.2. The quantitative estimate of drug-likeness (QED) is 0.694. The third-order valence-corrected chi connectivity index (χ3v) is 5.65. The lowest BCUT2D eigenvalue weighted by molar-refractivity contribution is -0.130. The van der Waals surface area contributed by atoms with Gasteiger partial charge in [-0.3, -0.25) is 9.48 Å². The molecule has 0 radical (unpaired) electrons. The van der Waals surface area contributed by atoms with Gasteiger partial charge in [-0.05, 0) is 31.1 Å². The van der Waals surface area contributed by atoms with Crippen LogP contribution in [-0.4, -0.2) is 38.7 Å². The van der Waals surface area contributed by atoms with E-state index in [1.54, 1.807) is 13.1 Å². The number of anilines is 1. The first-order valence-corrected chi connectivity index (χ1v) is 9.72. The molecule has 0 aromatic carbocycles. The maximum atomic E-state index is 11.5. The molecule has 0 bridgehead atoms. The predicted molar refractivity (Wildman–Crippen MR) is 111 cm³/mol. The van der Waals surface area contributed by atoms with Crippen LogP contribution in [-0.2, 0) is 4.79 Å². The van der Waals surface area contributed by atoms with Crippen molar-refractivity contribution in [2.24, 2.45) is 0 Å². The molecule has 7 heteroatoms. The second kappa shape index (κ2) is 6.79. The van der Waals surface area contributed by atoms with Crippen molar-refractivity contribution in [3.05, 3.63) is 54.4 Å². The molecule has 1 amide bonds. The Kier molecular flexibility index (Phi) is 4.11. The van der Waals surface area contributed by atoms with Crippen molar-refractivity contribution in [2.45, 2.75) is 25.8 Å². The minimum Gasteiger partial charge on any atom is -0.452 e. The molecule has 1 aliphatic carbocycles. The van der Waals surface area contributed by atoms with Crippen LogP contribution in [0.15, 0.2) is 53.0 Å². The number of likely N-dealkylation sites (tertiary alicyclic amines) is 1. The Morgan fingerprint density at radius 3 is 2.86 bits per heavy atom. The molecule has 2 aliphatic rings. The topological polar surface area (TPSA) is 90.2 Å². The molecule has 5 rings (SSSR count). The van der Waals surface area contributed by atoms with E-state index in [0.29, 0.717) is 11.4 Å². The average molecular weight is 387 g/mol. The van der Waals surface area contributed by atoms with Gasteiger partial charge in [0.2, 0.25) is 5.91 Å². The highest BCUT2D eigenvalue weighted by molar-refractivity contribution is 6.00. The lowest BCUT2D eigenvalue weighted by Crippen LogP contribution is -2.37. The number of carbonyl (C=O) groups is 1. The SMILES string of the molecule is CC(=O)N1CCC(n2cc(-c3cnc(N)c4oc(C5=C=CC=C5)cc34)cn2)CC1. The number of aromatic nitrogens is 3. The van der Waals surface area contributed by atoms with Crippen LogP contribution in [0.3, 0.4) is 0 Å². The molecule has 29 heavy (non-hydrogen) atoms. The number of nitrogens with zero attached hydrogens (tertiary/aromatic N) is 4. The number of amides is 1. The number of pyridine rings is 1. The van der Waals surface area contributed by atoms with Gasteiger partial charge in [0.05, 0.1) is 17.8 Å². The summed E-state index contributed by atoms with van der Waals surface area (Å²) >= 11 is 0. The van der Waals surface area contributed by atoms with Gasteiger partial charge in [0, 0.05) is 48.9 Å². The standard InChI is InChI=1S/C22H21N5O2/c1-14(28)26-8-6-17(7-9-26)27-13-16(11-25-27)19-12-24-22(23)21-18(19)10-20(29-21)15-4-2-3-5-15/h2-4,10-13,17H,6-9H2,1H3,(H2,23,24). The molecule has 0 saturated carbocycles. The van der Waals surface area contributed by atoms with Crippen LogP contribution >= 0.6 is 0 Å². The Labute approximate surface area is 167 Å². The number of nitrogen functional groups attached to an aromatic ring is 1. The zero-order valence-electron chi connectivity index (χ0n) is 16.1. The molecule has 146 valence electrons. The summed E-state index contributed by atoms with van der Waals surface area (Å²) in [5.41, 5.74) is 12.6. The van der Waals surface area contributed by atoms with Crippen molar-refractivity contribution in [2.75, 3.05) is 18.8 Å². The summed E-state index contributed by atoms with van der Waals surface area (Å²) in [5, 5.41) is 5.50. The minimum absolute atomic E-state index is 0.137. The molecule has 7 nitrogen and oxygen atoms in total. The molecule has 0 spiro atoms. The summed E-state index contributed by atoms with van der Waals surface area (Å²) in [6.45, 7) is 3.16. The van der Waals surface area contributed by atoms with E-state index < -0.39 is 0 Å². The van der Waals surface area contributed by atoms with Gasteiger partial charge >= 0.3 is 0 Å². The Hall–Kier alpha value is -3.57. The Bertz CT molecular complexity index is 1200. The maximum Gasteiger partial charge on any atom is 0.219 e. The van der Waals surface area contributed by atoms with Crippen LogP contribution in [0.4, 0.5) is 5.82 Å². The van der Waals surface area contributed by atoms with E-state index in [1.165, 1.54) is 0 Å². The Balaban J connectivity index is 1.47. The van der Waals surface area contributed by atoms with E-state index in [1.807, 2.05) is 46.3 Å². The van der Waals surface area contributed by atoms with E-state index >= 15 is 0 Å². The first-order chi connectivity index (χ1) is 14.1. The smallest absolute Gasteiger partial charge is 0.219 e. The van der Waals surface area contributed by atoms with Crippen LogP contribution in [0.25, 0.3) is 27.7 Å². The summed E-state index contributed by atoms with van der Waals surface area (Å²) < 4.78 is 7.98. The van der Waals surface area contributed by atoms with Gasteiger partial charge < -0.3 is 15.1 Å². The molecule has 1 saturated heterocycles. The minimum atomic E-state index is 0.137. The number of hydrogen-bond acceptors (Lipinski definition) is 5. The number of piperidine rings is 1. The predicted octanol–water partition coefficient (Wildman–Crippen LogP) is 3.57. The number of rotatable bonds is 3. The van der Waals surface area contributed by atoms with E-state index in [2.05, 4.69) is 15.8 Å². The van der Waals surface area contributed by atoms with E-state index in [4.69, 9.17) is 10.2 Å². The van der Waals surface area contributed by atoms with Crippen LogP contribution in [0.5, 0.6) is 0 Å². The van der Waals surface area contributed by atoms with E-state index in [9.17, 15) is 4.79 Å². The Morgan fingerprint density at radius 1 is 1.31 bits per heavy atom. The number of hydrogen-bond donors (Lipinski definition) is 1. The third kappa shape index (κ3) is 3.05. The van der Waals surface area contributed by atoms with Crippen molar-refractivity contribution in [1.29, 1.82) is 0 Å². The molecule has 4 heterocycles. The molecule has 0 atom stereocenters. The van der Waals surface area contributed by atoms with Crippen molar-refractivity contribution in [3.63, 3.8) is 0 Å². The highest BCUT2D eigenvalue weighted by Gasteiger charge is 2.23. The second-order valence-electron chi connectivity index (χ2n) is 7.44. The van der Waals surface area contributed by atoms with Crippen LogP contribution in [0.1, 0.15) is 31.6 Å². The normalized spacial score (nSPS) is 16.7. The molecule has 1 aliphatic heterocycles. The van der Waals surface area contributed by atoms with E-state index in [-0.39, 0.29) is 11.9 Å². The van der Waals surface area contributed by atoms with Gasteiger partial charge in [-0.25, -0.2) is 4.98 Å². The molecule has 2 N–H and O–H groups in total. The van der Waals surface area contributed by atoms with Crippen molar-refractivity contribution in [1.82, 2.24) is 19.7 Å². The molecular weight excluding hydrogens is 366 g/mol. The third-order valence-electron chi connectivity index (χ3n) is 5.65. The van der Waals surface area contributed by atoms with Gasteiger partial charge in [0.25, 0.3) is 0 Å². The van der Waals surface area contributed by atoms with Crippen molar-refractivity contribution in [3.8, 4) is 11.1 Å². The first kappa shape index (κ1) is 17.5. The van der Waals surface area contributed by atoms with Gasteiger partial charge in [0.1, 0.15) is 5.76 Å². The fourth-order valence-electron chi connectivity index (χ4n) is 4.01. The van der Waals surface area contributed by atoms with Gasteiger partial charge in [0.15, 0.2) is 11.4 Å². The summed E-state index contributed by atoms with van der Waals surface area (Å²) in [5.74, 6) is 1.22. The highest BCUT2D eigenvalue weighted by atomic mass is 16.3. The number of fused-ring (bicyclic) bond motifs is 1. The van der Waals surface area contributed by atoms with Crippen LogP contribution < -0.4 is 5.73 Å². The molecule has 1 fully saturated rings. The zero-order chi connectivity index (χ0) is 20.0. The molecule has 3 aromatic rings. The number of allylic oxidation sites excluding steroid dienone is 3. The fraction of sp³-hybridized carbons (Fsp3) is 0.273. The maximum absolute atomic E-state index is 11.5. The van der Waals surface area contributed by atoms with Crippen molar-refractivity contribution >= 4 is 28.3 Å². The van der Waals surface area contributed by atoms with Crippen LogP contribution in [0.2, 0.25) is 0 Å². The summed E-state index contributed by atoms with van der Waals surface area (Å²) in [6, 6.07) is 2.27.